The maximum absolute atomic E-state index is 12.5. The van der Waals surface area contributed by atoms with Crippen LogP contribution in [0.3, 0.4) is 0 Å². The zero-order valence-corrected chi connectivity index (χ0v) is 13.0. The third kappa shape index (κ3) is 3.61. The van der Waals surface area contributed by atoms with Gasteiger partial charge in [-0.15, -0.1) is 0 Å². The standard InChI is InChI=1S/C12H18N2O5S2/c13-20(16,17)11-2-1-3-12(8-11)21(18,19)14-6-4-10(9-15)5-7-14/h1-3,8,10,15H,4-7,9H2,(H2,13,16,17). The maximum Gasteiger partial charge on any atom is 0.243 e. The van der Waals surface area contributed by atoms with Gasteiger partial charge < -0.3 is 5.11 Å². The molecule has 1 aromatic rings. The summed E-state index contributed by atoms with van der Waals surface area (Å²) in [6.45, 7) is 0.676. The van der Waals surface area contributed by atoms with E-state index in [2.05, 4.69) is 0 Å². The number of hydrogen-bond acceptors (Lipinski definition) is 5. The van der Waals surface area contributed by atoms with Gasteiger partial charge in [0.05, 0.1) is 9.79 Å². The fourth-order valence-corrected chi connectivity index (χ4v) is 4.44. The quantitative estimate of drug-likeness (QED) is 0.785. The highest BCUT2D eigenvalue weighted by molar-refractivity contribution is 7.90. The molecule has 1 saturated heterocycles. The summed E-state index contributed by atoms with van der Waals surface area (Å²) in [5, 5.41) is 14.1. The predicted octanol–water partition coefficient (Wildman–Crippen LogP) is -0.273. The largest absolute Gasteiger partial charge is 0.396 e. The van der Waals surface area contributed by atoms with E-state index in [-0.39, 0.29) is 22.3 Å². The van der Waals surface area contributed by atoms with E-state index >= 15 is 0 Å². The van der Waals surface area contributed by atoms with Crippen molar-refractivity contribution >= 4 is 20.0 Å². The van der Waals surface area contributed by atoms with Crippen LogP contribution in [-0.4, -0.2) is 45.9 Å². The SMILES string of the molecule is NS(=O)(=O)c1cccc(S(=O)(=O)N2CCC(CO)CC2)c1. The molecule has 1 aliphatic rings. The van der Waals surface area contributed by atoms with Crippen LogP contribution in [-0.2, 0) is 20.0 Å². The highest BCUT2D eigenvalue weighted by Crippen LogP contribution is 2.24. The van der Waals surface area contributed by atoms with Gasteiger partial charge in [0.1, 0.15) is 0 Å². The van der Waals surface area contributed by atoms with Crippen molar-refractivity contribution in [2.24, 2.45) is 11.1 Å². The van der Waals surface area contributed by atoms with Crippen LogP contribution in [0.25, 0.3) is 0 Å². The van der Waals surface area contributed by atoms with Crippen LogP contribution >= 0.6 is 0 Å². The van der Waals surface area contributed by atoms with Crippen molar-refractivity contribution in [1.82, 2.24) is 4.31 Å². The fraction of sp³-hybridized carbons (Fsp3) is 0.500. The van der Waals surface area contributed by atoms with E-state index in [4.69, 9.17) is 10.2 Å². The van der Waals surface area contributed by atoms with E-state index in [9.17, 15) is 16.8 Å². The van der Waals surface area contributed by atoms with Gasteiger partial charge in [0.2, 0.25) is 20.0 Å². The summed E-state index contributed by atoms with van der Waals surface area (Å²) in [6.07, 6.45) is 1.18. The molecule has 9 heteroatoms. The molecule has 7 nitrogen and oxygen atoms in total. The van der Waals surface area contributed by atoms with Crippen LogP contribution in [0.4, 0.5) is 0 Å². The molecule has 3 N–H and O–H groups in total. The molecule has 0 atom stereocenters. The molecule has 0 radical (unpaired) electrons. The fourth-order valence-electron chi connectivity index (χ4n) is 2.29. The predicted molar refractivity (Wildman–Crippen MR) is 76.4 cm³/mol. The van der Waals surface area contributed by atoms with Crippen molar-refractivity contribution in [3.63, 3.8) is 0 Å². The molecular weight excluding hydrogens is 316 g/mol. The summed E-state index contributed by atoms with van der Waals surface area (Å²) >= 11 is 0. The van der Waals surface area contributed by atoms with Gasteiger partial charge in [0.25, 0.3) is 0 Å². The van der Waals surface area contributed by atoms with Gasteiger partial charge in [-0.25, -0.2) is 22.0 Å². The number of piperidine rings is 1. The summed E-state index contributed by atoms with van der Waals surface area (Å²) in [7, 11) is -7.69. The first-order valence-electron chi connectivity index (χ1n) is 6.49. The molecular formula is C12H18N2O5S2. The van der Waals surface area contributed by atoms with E-state index in [1.165, 1.54) is 22.5 Å². The number of hydrogen-bond donors (Lipinski definition) is 2. The zero-order chi connectivity index (χ0) is 15.7. The minimum absolute atomic E-state index is 0.0504. The average Bonchev–Trinajstić information content (AvgIpc) is 2.46. The molecule has 2 rings (SSSR count). The number of rotatable bonds is 4. The second kappa shape index (κ2) is 6.01. The Balaban J connectivity index is 2.29. The van der Waals surface area contributed by atoms with E-state index in [1.54, 1.807) is 0 Å². The first kappa shape index (κ1) is 16.4. The van der Waals surface area contributed by atoms with Gasteiger partial charge in [-0.3, -0.25) is 0 Å². The minimum atomic E-state index is -3.95. The van der Waals surface area contributed by atoms with Crippen molar-refractivity contribution < 1.29 is 21.9 Å². The number of aliphatic hydroxyl groups excluding tert-OH is 1. The monoisotopic (exact) mass is 334 g/mol. The smallest absolute Gasteiger partial charge is 0.243 e. The first-order chi connectivity index (χ1) is 9.75. The molecule has 0 amide bonds. The number of nitrogens with two attached hydrogens (primary N) is 1. The van der Waals surface area contributed by atoms with Crippen molar-refractivity contribution in [3.05, 3.63) is 24.3 Å². The van der Waals surface area contributed by atoms with Crippen LogP contribution in [0.2, 0.25) is 0 Å². The Morgan fingerprint density at radius 1 is 1.14 bits per heavy atom. The van der Waals surface area contributed by atoms with E-state index in [1.807, 2.05) is 0 Å². The zero-order valence-electron chi connectivity index (χ0n) is 11.3. The van der Waals surface area contributed by atoms with Crippen molar-refractivity contribution in [1.29, 1.82) is 0 Å². The molecule has 118 valence electrons. The molecule has 0 unspecified atom stereocenters. The average molecular weight is 334 g/mol. The minimum Gasteiger partial charge on any atom is -0.396 e. The molecule has 1 aromatic carbocycles. The van der Waals surface area contributed by atoms with Crippen molar-refractivity contribution in [2.45, 2.75) is 22.6 Å². The number of nitrogens with zero attached hydrogens (tertiary/aromatic N) is 1. The summed E-state index contributed by atoms with van der Waals surface area (Å²) in [5.74, 6) is 0.118. The number of aliphatic hydroxyl groups is 1. The van der Waals surface area contributed by atoms with Gasteiger partial charge >= 0.3 is 0 Å². The molecule has 21 heavy (non-hydrogen) atoms. The molecule has 0 bridgehead atoms. The van der Waals surface area contributed by atoms with Gasteiger partial charge in [0, 0.05) is 19.7 Å². The summed E-state index contributed by atoms with van der Waals surface area (Å²) in [6, 6.07) is 5.03. The first-order valence-corrected chi connectivity index (χ1v) is 9.47. The van der Waals surface area contributed by atoms with E-state index < -0.39 is 20.0 Å². The summed E-state index contributed by atoms with van der Waals surface area (Å²) in [4.78, 5) is -0.315. The Morgan fingerprint density at radius 2 is 1.71 bits per heavy atom. The molecule has 1 aliphatic heterocycles. The lowest BCUT2D eigenvalue weighted by molar-refractivity contribution is 0.170. The van der Waals surface area contributed by atoms with Crippen molar-refractivity contribution in [3.8, 4) is 0 Å². The highest BCUT2D eigenvalue weighted by atomic mass is 32.2. The van der Waals surface area contributed by atoms with Gasteiger partial charge in [-0.2, -0.15) is 4.31 Å². The van der Waals surface area contributed by atoms with Crippen LogP contribution in [0.15, 0.2) is 34.1 Å². The van der Waals surface area contributed by atoms with Crippen molar-refractivity contribution in [2.75, 3.05) is 19.7 Å². The molecule has 0 aliphatic carbocycles. The Kier molecular flexibility index (Phi) is 4.69. The topological polar surface area (TPSA) is 118 Å². The summed E-state index contributed by atoms with van der Waals surface area (Å²) in [5.41, 5.74) is 0. The second-order valence-electron chi connectivity index (χ2n) is 5.05. The lowest BCUT2D eigenvalue weighted by Crippen LogP contribution is -2.39. The number of primary sulfonamides is 1. The molecule has 0 aromatic heterocycles. The third-order valence-electron chi connectivity index (χ3n) is 3.60. The Hall–Kier alpha value is -1.00. The van der Waals surface area contributed by atoms with Gasteiger partial charge in [-0.05, 0) is 37.0 Å². The maximum atomic E-state index is 12.5. The van der Waals surface area contributed by atoms with E-state index in [0.29, 0.717) is 25.9 Å². The molecule has 0 saturated carbocycles. The Labute approximate surface area is 124 Å². The lowest BCUT2D eigenvalue weighted by Gasteiger charge is -2.30. The normalized spacial score (nSPS) is 18.8. The van der Waals surface area contributed by atoms with Crippen LogP contribution in [0.5, 0.6) is 0 Å². The van der Waals surface area contributed by atoms with Crippen LogP contribution < -0.4 is 5.14 Å². The molecule has 1 fully saturated rings. The Bertz CT molecular complexity index is 707. The number of sulfonamides is 2. The van der Waals surface area contributed by atoms with Crippen LogP contribution in [0, 0.1) is 5.92 Å². The Morgan fingerprint density at radius 3 is 2.24 bits per heavy atom. The number of benzene rings is 1. The summed E-state index contributed by atoms with van der Waals surface area (Å²) < 4.78 is 48.9. The third-order valence-corrected chi connectivity index (χ3v) is 6.41. The van der Waals surface area contributed by atoms with E-state index in [0.717, 1.165) is 6.07 Å². The second-order valence-corrected chi connectivity index (χ2v) is 8.55. The van der Waals surface area contributed by atoms with Crippen LogP contribution in [0.1, 0.15) is 12.8 Å². The highest BCUT2D eigenvalue weighted by Gasteiger charge is 2.29. The van der Waals surface area contributed by atoms with Gasteiger partial charge in [0.15, 0.2) is 0 Å². The molecule has 1 heterocycles. The molecule has 0 spiro atoms. The lowest BCUT2D eigenvalue weighted by atomic mass is 10.00. The van der Waals surface area contributed by atoms with Gasteiger partial charge in [-0.1, -0.05) is 6.07 Å².